The van der Waals surface area contributed by atoms with Crippen LogP contribution in [0.25, 0.3) is 6.08 Å². The molecule has 19 heavy (non-hydrogen) atoms. The van der Waals surface area contributed by atoms with E-state index < -0.39 is 27.6 Å². The van der Waals surface area contributed by atoms with Gasteiger partial charge in [-0.05, 0) is 24.3 Å². The number of carboxylic acids is 1. The standard InChI is InChI=1S/C11H9FN2O4S/c12-10-3-2-9(14-19(17,18)6-5-13)7-8(10)1-4-11(15)16/h1-4,7,14H,6H2,(H,15,16)/b4-1+. The van der Waals surface area contributed by atoms with Crippen molar-refractivity contribution in [1.29, 1.82) is 5.26 Å². The molecule has 100 valence electrons. The summed E-state index contributed by atoms with van der Waals surface area (Å²) < 4.78 is 38.0. The second-order valence-corrected chi connectivity index (χ2v) is 5.15. The minimum atomic E-state index is -3.82. The lowest BCUT2D eigenvalue weighted by Crippen LogP contribution is -2.15. The van der Waals surface area contributed by atoms with Crippen molar-refractivity contribution in [2.75, 3.05) is 10.5 Å². The van der Waals surface area contributed by atoms with Gasteiger partial charge in [0.15, 0.2) is 5.75 Å². The number of anilines is 1. The lowest BCUT2D eigenvalue weighted by Gasteiger charge is -2.06. The summed E-state index contributed by atoms with van der Waals surface area (Å²) in [7, 11) is -3.82. The lowest BCUT2D eigenvalue weighted by atomic mass is 10.2. The SMILES string of the molecule is N#CCS(=O)(=O)Nc1ccc(F)c(/C=C/C(=O)O)c1. The minimum absolute atomic E-state index is 0.0432. The van der Waals surface area contributed by atoms with Gasteiger partial charge in [0.2, 0.25) is 10.0 Å². The number of aliphatic carboxylic acids is 1. The van der Waals surface area contributed by atoms with E-state index in [0.717, 1.165) is 24.3 Å². The van der Waals surface area contributed by atoms with E-state index in [1.165, 1.54) is 12.1 Å². The molecule has 0 radical (unpaired) electrons. The third-order valence-electron chi connectivity index (χ3n) is 1.93. The van der Waals surface area contributed by atoms with E-state index >= 15 is 0 Å². The molecular formula is C11H9FN2O4S. The maximum Gasteiger partial charge on any atom is 0.328 e. The summed E-state index contributed by atoms with van der Waals surface area (Å²) in [5, 5.41) is 16.8. The Bertz CT molecular complexity index is 662. The molecule has 0 fully saturated rings. The first-order valence-corrected chi connectivity index (χ1v) is 6.57. The number of benzene rings is 1. The Balaban J connectivity index is 3.04. The molecule has 2 N–H and O–H groups in total. The van der Waals surface area contributed by atoms with Gasteiger partial charge in [0.05, 0.1) is 6.07 Å². The highest BCUT2D eigenvalue weighted by Gasteiger charge is 2.10. The van der Waals surface area contributed by atoms with Gasteiger partial charge in [0.25, 0.3) is 0 Å². The Hall–Kier alpha value is -2.40. The van der Waals surface area contributed by atoms with Crippen LogP contribution in [-0.4, -0.2) is 25.2 Å². The highest BCUT2D eigenvalue weighted by Crippen LogP contribution is 2.17. The lowest BCUT2D eigenvalue weighted by molar-refractivity contribution is -0.131. The maximum absolute atomic E-state index is 13.3. The minimum Gasteiger partial charge on any atom is -0.478 e. The van der Waals surface area contributed by atoms with Gasteiger partial charge in [-0.25, -0.2) is 17.6 Å². The van der Waals surface area contributed by atoms with E-state index in [-0.39, 0.29) is 11.3 Å². The summed E-state index contributed by atoms with van der Waals surface area (Å²) in [6, 6.07) is 4.77. The third kappa shape index (κ3) is 4.77. The molecule has 8 heteroatoms. The van der Waals surface area contributed by atoms with Gasteiger partial charge in [0, 0.05) is 17.3 Å². The summed E-state index contributed by atoms with van der Waals surface area (Å²) in [4.78, 5) is 10.3. The molecule has 0 bridgehead atoms. The van der Waals surface area contributed by atoms with Crippen molar-refractivity contribution in [2.24, 2.45) is 0 Å². The number of nitriles is 1. The number of nitrogens with one attached hydrogen (secondary N) is 1. The fourth-order valence-electron chi connectivity index (χ4n) is 1.20. The van der Waals surface area contributed by atoms with E-state index in [1.807, 2.05) is 0 Å². The first-order chi connectivity index (χ1) is 8.84. The fourth-order valence-corrected chi connectivity index (χ4v) is 1.92. The zero-order valence-corrected chi connectivity index (χ0v) is 10.3. The van der Waals surface area contributed by atoms with E-state index in [1.54, 1.807) is 0 Å². The van der Waals surface area contributed by atoms with Gasteiger partial charge in [-0.2, -0.15) is 5.26 Å². The van der Waals surface area contributed by atoms with Crippen LogP contribution in [0.2, 0.25) is 0 Å². The zero-order chi connectivity index (χ0) is 14.5. The summed E-state index contributed by atoms with van der Waals surface area (Å²) in [5.41, 5.74) is -0.0405. The summed E-state index contributed by atoms with van der Waals surface area (Å²) in [6.07, 6.45) is 1.73. The normalized spacial score (nSPS) is 11.2. The summed E-state index contributed by atoms with van der Waals surface area (Å²) >= 11 is 0. The Labute approximate surface area is 108 Å². The Morgan fingerprint density at radius 3 is 2.79 bits per heavy atom. The van der Waals surface area contributed by atoms with Gasteiger partial charge < -0.3 is 5.11 Å². The van der Waals surface area contributed by atoms with Crippen LogP contribution in [0, 0.1) is 17.1 Å². The van der Waals surface area contributed by atoms with Crippen LogP contribution in [0.3, 0.4) is 0 Å². The van der Waals surface area contributed by atoms with E-state index in [9.17, 15) is 17.6 Å². The smallest absolute Gasteiger partial charge is 0.328 e. The van der Waals surface area contributed by atoms with Gasteiger partial charge >= 0.3 is 5.97 Å². The molecule has 0 aliphatic heterocycles. The zero-order valence-electron chi connectivity index (χ0n) is 9.50. The van der Waals surface area contributed by atoms with E-state index in [4.69, 9.17) is 10.4 Å². The highest BCUT2D eigenvalue weighted by atomic mass is 32.2. The Kier molecular flexibility index (Phi) is 4.61. The molecule has 0 heterocycles. The summed E-state index contributed by atoms with van der Waals surface area (Å²) in [6.45, 7) is 0. The van der Waals surface area contributed by atoms with Gasteiger partial charge in [-0.1, -0.05) is 0 Å². The average molecular weight is 284 g/mol. The molecule has 0 aromatic heterocycles. The van der Waals surface area contributed by atoms with Gasteiger partial charge in [-0.15, -0.1) is 0 Å². The molecule has 0 aliphatic rings. The van der Waals surface area contributed by atoms with Crippen LogP contribution in [0.15, 0.2) is 24.3 Å². The van der Waals surface area contributed by atoms with Crippen molar-refractivity contribution >= 4 is 27.8 Å². The maximum atomic E-state index is 13.3. The van der Waals surface area contributed by atoms with Gasteiger partial charge in [0.1, 0.15) is 5.82 Å². The summed E-state index contributed by atoms with van der Waals surface area (Å²) in [5.74, 6) is -2.68. The number of carboxylic acid groups (broad SMARTS) is 1. The third-order valence-corrected chi connectivity index (χ3v) is 2.99. The van der Waals surface area contributed by atoms with Crippen molar-refractivity contribution in [3.8, 4) is 6.07 Å². The van der Waals surface area contributed by atoms with Crippen molar-refractivity contribution in [1.82, 2.24) is 0 Å². The van der Waals surface area contributed by atoms with Crippen LogP contribution in [0.1, 0.15) is 5.56 Å². The van der Waals surface area contributed by atoms with Crippen molar-refractivity contribution in [3.63, 3.8) is 0 Å². The highest BCUT2D eigenvalue weighted by molar-refractivity contribution is 7.92. The van der Waals surface area contributed by atoms with Gasteiger partial charge in [-0.3, -0.25) is 4.72 Å². The van der Waals surface area contributed by atoms with Crippen molar-refractivity contribution < 1.29 is 22.7 Å². The molecule has 0 atom stereocenters. The second kappa shape index (κ2) is 5.97. The molecule has 0 unspecified atom stereocenters. The average Bonchev–Trinajstić information content (AvgIpc) is 2.29. The molecule has 0 aliphatic carbocycles. The van der Waals surface area contributed by atoms with Crippen LogP contribution in [0.4, 0.5) is 10.1 Å². The van der Waals surface area contributed by atoms with Crippen LogP contribution < -0.4 is 4.72 Å². The van der Waals surface area contributed by atoms with Crippen molar-refractivity contribution in [2.45, 2.75) is 0 Å². The van der Waals surface area contributed by atoms with Crippen molar-refractivity contribution in [3.05, 3.63) is 35.7 Å². The molecule has 6 nitrogen and oxygen atoms in total. The molecule has 0 saturated heterocycles. The number of hydrogen-bond donors (Lipinski definition) is 2. The molecule has 1 rings (SSSR count). The number of hydrogen-bond acceptors (Lipinski definition) is 4. The number of carbonyl (C=O) groups is 1. The van der Waals surface area contributed by atoms with E-state index in [0.29, 0.717) is 0 Å². The molecule has 1 aromatic carbocycles. The first kappa shape index (κ1) is 14.7. The molecule has 0 saturated carbocycles. The topological polar surface area (TPSA) is 107 Å². The quantitative estimate of drug-likeness (QED) is 0.790. The second-order valence-electron chi connectivity index (χ2n) is 3.43. The molecule has 0 amide bonds. The predicted molar refractivity (Wildman–Crippen MR) is 66.1 cm³/mol. The predicted octanol–water partition coefficient (Wildman–Crippen LogP) is 1.19. The molecule has 1 aromatic rings. The molecule has 0 spiro atoms. The number of sulfonamides is 1. The Morgan fingerprint density at radius 2 is 2.21 bits per heavy atom. The number of nitrogens with zero attached hydrogens (tertiary/aromatic N) is 1. The number of halogens is 1. The van der Waals surface area contributed by atoms with Crippen LogP contribution in [-0.2, 0) is 14.8 Å². The number of rotatable bonds is 5. The van der Waals surface area contributed by atoms with E-state index in [2.05, 4.69) is 4.72 Å². The first-order valence-electron chi connectivity index (χ1n) is 4.92. The molecular weight excluding hydrogens is 275 g/mol. The van der Waals surface area contributed by atoms with Crippen LogP contribution in [0.5, 0.6) is 0 Å². The Morgan fingerprint density at radius 1 is 1.53 bits per heavy atom. The van der Waals surface area contributed by atoms with Crippen LogP contribution >= 0.6 is 0 Å². The fraction of sp³-hybridized carbons (Fsp3) is 0.0909. The monoisotopic (exact) mass is 284 g/mol. The largest absolute Gasteiger partial charge is 0.478 e.